The summed E-state index contributed by atoms with van der Waals surface area (Å²) in [7, 11) is 0. The Bertz CT molecular complexity index is 1700. The third kappa shape index (κ3) is 4.99. The maximum absolute atomic E-state index is 12.9. The molecule has 3 aromatic heterocycles. The first-order chi connectivity index (χ1) is 18.5. The highest BCUT2D eigenvalue weighted by atomic mass is 35.5. The number of thiophene rings is 1. The standard InChI is InChI=1S/C27H23ClF3N3O4S/c1-15-6-16(28)7-20(23(15)38-17-9-26(10-17)13-37-14-26)19-2-4-32-21-8-18(39-24(19)21)11-34-22(35)3-5-33(25(34)36)12-27(29,30)31/h2-8,17H,9-14H2,1H3. The monoisotopic (exact) mass is 577 g/mol. The summed E-state index contributed by atoms with van der Waals surface area (Å²) in [5, 5.41) is 0.551. The van der Waals surface area contributed by atoms with Gasteiger partial charge in [0.25, 0.3) is 5.56 Å². The van der Waals surface area contributed by atoms with Crippen LogP contribution in [0.5, 0.6) is 5.75 Å². The molecule has 1 spiro atoms. The maximum Gasteiger partial charge on any atom is 0.406 e. The molecule has 4 aromatic rings. The lowest BCUT2D eigenvalue weighted by atomic mass is 9.65. The van der Waals surface area contributed by atoms with E-state index in [0.29, 0.717) is 20.0 Å². The molecule has 1 saturated heterocycles. The molecule has 39 heavy (non-hydrogen) atoms. The minimum atomic E-state index is -4.59. The Hall–Kier alpha value is -3.15. The molecule has 0 amide bonds. The highest BCUT2D eigenvalue weighted by Gasteiger charge is 2.51. The van der Waals surface area contributed by atoms with Crippen LogP contribution in [0.15, 0.2) is 52.3 Å². The summed E-state index contributed by atoms with van der Waals surface area (Å²) >= 11 is 7.77. The average molecular weight is 578 g/mol. The molecule has 1 aliphatic heterocycles. The first-order valence-electron chi connectivity index (χ1n) is 12.3. The van der Waals surface area contributed by atoms with E-state index in [9.17, 15) is 22.8 Å². The minimum absolute atomic E-state index is 0.0765. The quantitative estimate of drug-likeness (QED) is 0.306. The number of ether oxygens (including phenoxy) is 2. The molecule has 12 heteroatoms. The van der Waals surface area contributed by atoms with Gasteiger partial charge in [-0.25, -0.2) is 4.79 Å². The second kappa shape index (κ2) is 9.50. The SMILES string of the molecule is Cc1cc(Cl)cc(-c2ccnc3cc(Cn4c(=O)ccn(CC(F)(F)F)c4=O)sc23)c1OC1CC2(COC2)C1. The van der Waals surface area contributed by atoms with Crippen LogP contribution in [-0.2, 0) is 17.8 Å². The summed E-state index contributed by atoms with van der Waals surface area (Å²) < 4.78 is 52.6. The molecule has 0 unspecified atom stereocenters. The van der Waals surface area contributed by atoms with Gasteiger partial charge in [0.2, 0.25) is 0 Å². The number of hydrogen-bond donors (Lipinski definition) is 0. The molecule has 1 aliphatic carbocycles. The maximum atomic E-state index is 12.9. The van der Waals surface area contributed by atoms with E-state index in [1.54, 1.807) is 12.3 Å². The van der Waals surface area contributed by atoms with E-state index in [2.05, 4.69) is 4.98 Å². The van der Waals surface area contributed by atoms with Crippen LogP contribution in [0.3, 0.4) is 0 Å². The number of nitrogens with zero attached hydrogens (tertiary/aromatic N) is 3. The fourth-order valence-corrected chi connectivity index (χ4v) is 6.72. The fourth-order valence-electron chi connectivity index (χ4n) is 5.32. The molecule has 2 aliphatic rings. The van der Waals surface area contributed by atoms with Gasteiger partial charge in [-0.05, 0) is 49.6 Å². The predicted molar refractivity (Wildman–Crippen MR) is 142 cm³/mol. The summed E-state index contributed by atoms with van der Waals surface area (Å²) in [5.74, 6) is 0.733. The zero-order valence-corrected chi connectivity index (χ0v) is 22.3. The number of fused-ring (bicyclic) bond motifs is 1. The molecular formula is C27H23ClF3N3O4S. The number of halogens is 4. The van der Waals surface area contributed by atoms with E-state index in [0.717, 1.165) is 70.0 Å². The number of benzene rings is 1. The Kier molecular flexibility index (Phi) is 6.35. The minimum Gasteiger partial charge on any atom is -0.489 e. The van der Waals surface area contributed by atoms with Gasteiger partial charge in [0.15, 0.2) is 0 Å². The Labute approximate surface area is 229 Å². The summed E-state index contributed by atoms with van der Waals surface area (Å²) in [6.45, 7) is 1.83. The van der Waals surface area contributed by atoms with Crippen molar-refractivity contribution in [2.45, 2.75) is 45.1 Å². The average Bonchev–Trinajstić information content (AvgIpc) is 3.22. The summed E-state index contributed by atoms with van der Waals surface area (Å²) in [6, 6.07) is 8.25. The normalized spacial score (nSPS) is 16.8. The van der Waals surface area contributed by atoms with Gasteiger partial charge in [-0.1, -0.05) is 11.6 Å². The topological polar surface area (TPSA) is 75.4 Å². The third-order valence-electron chi connectivity index (χ3n) is 7.22. The van der Waals surface area contributed by atoms with Crippen LogP contribution in [-0.4, -0.2) is 39.6 Å². The second-order valence-electron chi connectivity index (χ2n) is 10.3. The van der Waals surface area contributed by atoms with Crippen molar-refractivity contribution in [3.8, 4) is 16.9 Å². The van der Waals surface area contributed by atoms with E-state index >= 15 is 0 Å². The molecule has 7 nitrogen and oxygen atoms in total. The Morgan fingerprint density at radius 2 is 1.95 bits per heavy atom. The van der Waals surface area contributed by atoms with Gasteiger partial charge in [0, 0.05) is 44.9 Å². The molecule has 0 bridgehead atoms. The van der Waals surface area contributed by atoms with Crippen LogP contribution in [0.2, 0.25) is 5.02 Å². The van der Waals surface area contributed by atoms with Crippen molar-refractivity contribution >= 4 is 33.2 Å². The molecule has 0 atom stereocenters. The lowest BCUT2D eigenvalue weighted by molar-refractivity contribution is -0.191. The van der Waals surface area contributed by atoms with Gasteiger partial charge in [0.1, 0.15) is 18.4 Å². The van der Waals surface area contributed by atoms with Crippen molar-refractivity contribution in [3.05, 3.63) is 79.0 Å². The largest absolute Gasteiger partial charge is 0.489 e. The highest BCUT2D eigenvalue weighted by Crippen LogP contribution is 2.50. The van der Waals surface area contributed by atoms with Crippen molar-refractivity contribution in [1.82, 2.24) is 14.1 Å². The molecule has 6 rings (SSSR count). The van der Waals surface area contributed by atoms with Gasteiger partial charge in [-0.15, -0.1) is 11.3 Å². The van der Waals surface area contributed by atoms with Crippen molar-refractivity contribution in [2.75, 3.05) is 13.2 Å². The number of rotatable bonds is 6. The summed E-state index contributed by atoms with van der Waals surface area (Å²) in [6.07, 6.45) is -0.133. The Balaban J connectivity index is 1.36. The molecule has 0 N–H and O–H groups in total. The lowest BCUT2D eigenvalue weighted by Crippen LogP contribution is -2.56. The molecule has 4 heterocycles. The van der Waals surface area contributed by atoms with Gasteiger partial charge < -0.3 is 9.47 Å². The van der Waals surface area contributed by atoms with Crippen LogP contribution >= 0.6 is 22.9 Å². The van der Waals surface area contributed by atoms with E-state index in [1.807, 2.05) is 25.1 Å². The molecule has 204 valence electrons. The number of alkyl halides is 3. The second-order valence-corrected chi connectivity index (χ2v) is 11.9. The van der Waals surface area contributed by atoms with Gasteiger partial charge >= 0.3 is 11.9 Å². The van der Waals surface area contributed by atoms with Gasteiger partial charge in [-0.2, -0.15) is 13.2 Å². The van der Waals surface area contributed by atoms with Crippen molar-refractivity contribution in [2.24, 2.45) is 5.41 Å². The molecule has 1 aromatic carbocycles. The summed E-state index contributed by atoms with van der Waals surface area (Å²) in [5.41, 5.74) is 1.69. The van der Waals surface area contributed by atoms with E-state index in [4.69, 9.17) is 21.1 Å². The number of pyridine rings is 1. The third-order valence-corrected chi connectivity index (χ3v) is 8.58. The van der Waals surface area contributed by atoms with Crippen molar-refractivity contribution in [1.29, 1.82) is 0 Å². The van der Waals surface area contributed by atoms with Gasteiger partial charge in [0.05, 0.1) is 30.0 Å². The zero-order chi connectivity index (χ0) is 27.5. The van der Waals surface area contributed by atoms with Crippen LogP contribution < -0.4 is 16.0 Å². The number of hydrogen-bond acceptors (Lipinski definition) is 6. The van der Waals surface area contributed by atoms with E-state index in [1.165, 1.54) is 11.3 Å². The molecular weight excluding hydrogens is 555 g/mol. The van der Waals surface area contributed by atoms with E-state index < -0.39 is 24.0 Å². The van der Waals surface area contributed by atoms with Crippen molar-refractivity contribution < 1.29 is 22.6 Å². The predicted octanol–water partition coefficient (Wildman–Crippen LogP) is 5.42. The number of aromatic nitrogens is 3. The molecule has 1 saturated carbocycles. The Morgan fingerprint density at radius 3 is 2.64 bits per heavy atom. The van der Waals surface area contributed by atoms with Crippen LogP contribution in [0.4, 0.5) is 13.2 Å². The Morgan fingerprint density at radius 1 is 1.18 bits per heavy atom. The highest BCUT2D eigenvalue weighted by molar-refractivity contribution is 7.19. The number of aryl methyl sites for hydroxylation is 1. The van der Waals surface area contributed by atoms with Gasteiger partial charge in [-0.3, -0.25) is 18.9 Å². The smallest absolute Gasteiger partial charge is 0.406 e. The van der Waals surface area contributed by atoms with Crippen LogP contribution in [0, 0.1) is 12.3 Å². The van der Waals surface area contributed by atoms with Crippen LogP contribution in [0.1, 0.15) is 23.3 Å². The first-order valence-corrected chi connectivity index (χ1v) is 13.5. The zero-order valence-electron chi connectivity index (χ0n) is 20.8. The van der Waals surface area contributed by atoms with Crippen LogP contribution in [0.25, 0.3) is 21.3 Å². The summed E-state index contributed by atoms with van der Waals surface area (Å²) in [4.78, 5) is 30.1. The first kappa shape index (κ1) is 26.1. The lowest BCUT2D eigenvalue weighted by Gasteiger charge is -2.52. The fraction of sp³-hybridized carbons (Fsp3) is 0.370. The van der Waals surface area contributed by atoms with E-state index in [-0.39, 0.29) is 18.1 Å². The molecule has 0 radical (unpaired) electrons. The van der Waals surface area contributed by atoms with Crippen molar-refractivity contribution in [3.63, 3.8) is 0 Å². The molecule has 2 fully saturated rings.